The molecule has 2 aliphatic heterocycles. The molecule has 4 nitrogen and oxygen atoms in total. The van der Waals surface area contributed by atoms with Crippen LogP contribution in [0.1, 0.15) is 11.1 Å². The van der Waals surface area contributed by atoms with Crippen LogP contribution >= 0.6 is 23.5 Å². The Bertz CT molecular complexity index is 663. The number of allylic oxidation sites excluding steroid dienone is 2. The van der Waals surface area contributed by atoms with Crippen molar-refractivity contribution in [3.8, 4) is 0 Å². The highest BCUT2D eigenvalue weighted by molar-refractivity contribution is 8.24. The van der Waals surface area contributed by atoms with Gasteiger partial charge in [-0.2, -0.15) is 0 Å². The fraction of sp³-hybridized carbons (Fsp3) is 0. The molecule has 0 saturated heterocycles. The molecule has 0 unspecified atom stereocenters. The fourth-order valence-corrected chi connectivity index (χ4v) is 3.36. The topological polar surface area (TPSA) is 68.3 Å². The smallest absolute Gasteiger partial charge is 0.264 e. The standard InChI is InChI=1S/C14H6O4S2/c15-9-5-11(19-13(9)17)7-1-2-8(4-3-7)12-6-10(16)14(18)20-12/h1-6H. The van der Waals surface area contributed by atoms with E-state index in [4.69, 9.17) is 0 Å². The molecule has 0 atom stereocenters. The molecule has 6 heteroatoms. The highest BCUT2D eigenvalue weighted by atomic mass is 32.2. The summed E-state index contributed by atoms with van der Waals surface area (Å²) >= 11 is 1.82. The van der Waals surface area contributed by atoms with Gasteiger partial charge in [-0.1, -0.05) is 24.3 Å². The average molecular weight is 302 g/mol. The van der Waals surface area contributed by atoms with Crippen molar-refractivity contribution in [2.24, 2.45) is 0 Å². The number of carbonyl (C=O) groups excluding carboxylic acids is 4. The molecule has 0 saturated carbocycles. The first-order valence-electron chi connectivity index (χ1n) is 5.61. The maximum absolute atomic E-state index is 11.2. The van der Waals surface area contributed by atoms with Gasteiger partial charge >= 0.3 is 0 Å². The van der Waals surface area contributed by atoms with Crippen molar-refractivity contribution in [1.29, 1.82) is 0 Å². The van der Waals surface area contributed by atoms with Gasteiger partial charge in [0, 0.05) is 22.0 Å². The minimum Gasteiger partial charge on any atom is -0.285 e. The lowest BCUT2D eigenvalue weighted by Gasteiger charge is -2.03. The van der Waals surface area contributed by atoms with E-state index in [1.54, 1.807) is 24.3 Å². The molecular weight excluding hydrogens is 296 g/mol. The van der Waals surface area contributed by atoms with Gasteiger partial charge in [-0.15, -0.1) is 0 Å². The maximum Gasteiger partial charge on any atom is 0.264 e. The maximum atomic E-state index is 11.2. The second-order valence-electron chi connectivity index (χ2n) is 4.10. The number of thioether (sulfide) groups is 2. The Hall–Kier alpha value is -1.92. The lowest BCUT2D eigenvalue weighted by atomic mass is 10.1. The molecule has 0 amide bonds. The van der Waals surface area contributed by atoms with Gasteiger partial charge in [0.25, 0.3) is 10.2 Å². The van der Waals surface area contributed by atoms with Gasteiger partial charge < -0.3 is 0 Å². The van der Waals surface area contributed by atoms with Crippen LogP contribution in [0.25, 0.3) is 9.81 Å². The Kier molecular flexibility index (Phi) is 3.19. The van der Waals surface area contributed by atoms with E-state index in [9.17, 15) is 19.2 Å². The van der Waals surface area contributed by atoms with Crippen molar-refractivity contribution < 1.29 is 19.2 Å². The molecule has 98 valence electrons. The van der Waals surface area contributed by atoms with E-state index in [0.717, 1.165) is 34.7 Å². The first-order chi connectivity index (χ1) is 9.54. The minimum absolute atomic E-state index is 0.477. The third-order valence-electron chi connectivity index (χ3n) is 2.79. The molecule has 0 N–H and O–H groups in total. The second kappa shape index (κ2) is 4.88. The van der Waals surface area contributed by atoms with E-state index in [1.165, 1.54) is 12.2 Å². The molecule has 0 radical (unpaired) electrons. The van der Waals surface area contributed by atoms with Crippen LogP contribution in [0, 0.1) is 0 Å². The van der Waals surface area contributed by atoms with Crippen LogP contribution in [-0.2, 0) is 19.2 Å². The van der Waals surface area contributed by atoms with Crippen LogP contribution in [0.3, 0.4) is 0 Å². The van der Waals surface area contributed by atoms with E-state index >= 15 is 0 Å². The van der Waals surface area contributed by atoms with Crippen molar-refractivity contribution in [3.63, 3.8) is 0 Å². The molecule has 20 heavy (non-hydrogen) atoms. The molecule has 0 fully saturated rings. The summed E-state index contributed by atoms with van der Waals surface area (Å²) in [6.45, 7) is 0. The molecule has 2 heterocycles. The summed E-state index contributed by atoms with van der Waals surface area (Å²) in [4.78, 5) is 45.9. The number of hydrogen-bond donors (Lipinski definition) is 0. The van der Waals surface area contributed by atoms with E-state index in [1.807, 2.05) is 0 Å². The highest BCUT2D eigenvalue weighted by Gasteiger charge is 2.25. The first-order valence-corrected chi connectivity index (χ1v) is 7.24. The van der Waals surface area contributed by atoms with Crippen LogP contribution in [0.4, 0.5) is 0 Å². The largest absolute Gasteiger partial charge is 0.285 e. The fourth-order valence-electron chi connectivity index (χ4n) is 1.80. The zero-order valence-electron chi connectivity index (χ0n) is 9.91. The molecule has 0 aromatic heterocycles. The molecule has 0 bridgehead atoms. The third kappa shape index (κ3) is 2.28. The van der Waals surface area contributed by atoms with E-state index in [0.29, 0.717) is 9.81 Å². The van der Waals surface area contributed by atoms with Gasteiger partial charge in [0.05, 0.1) is 0 Å². The monoisotopic (exact) mass is 302 g/mol. The minimum atomic E-state index is -0.501. The van der Waals surface area contributed by atoms with Crippen molar-refractivity contribution in [1.82, 2.24) is 0 Å². The molecule has 2 aliphatic rings. The Labute approximate surface area is 122 Å². The highest BCUT2D eigenvalue weighted by Crippen LogP contribution is 2.36. The summed E-state index contributed by atoms with van der Waals surface area (Å²) in [7, 11) is 0. The average Bonchev–Trinajstić information content (AvgIpc) is 2.94. The first kappa shape index (κ1) is 13.1. The van der Waals surface area contributed by atoms with Crippen LogP contribution in [0.5, 0.6) is 0 Å². The number of benzene rings is 1. The summed E-state index contributed by atoms with van der Waals surface area (Å²) in [5, 5.41) is -0.955. The number of hydrogen-bond acceptors (Lipinski definition) is 6. The lowest BCUT2D eigenvalue weighted by Crippen LogP contribution is -1.98. The number of carbonyl (C=O) groups is 4. The van der Waals surface area contributed by atoms with Gasteiger partial charge in [-0.05, 0) is 34.7 Å². The summed E-state index contributed by atoms with van der Waals surface area (Å²) < 4.78 is 0. The molecule has 3 rings (SSSR count). The normalized spacial score (nSPS) is 18.6. The predicted octanol–water partition coefficient (Wildman–Crippen LogP) is 2.05. The van der Waals surface area contributed by atoms with Gasteiger partial charge in [0.15, 0.2) is 0 Å². The summed E-state index contributed by atoms with van der Waals surface area (Å²) in [5.41, 5.74) is 1.53. The number of ketones is 2. The van der Waals surface area contributed by atoms with Crippen molar-refractivity contribution in [3.05, 3.63) is 47.5 Å². The van der Waals surface area contributed by atoms with Crippen molar-refractivity contribution >= 4 is 55.1 Å². The summed E-state index contributed by atoms with van der Waals surface area (Å²) in [6, 6.07) is 7.03. The Morgan fingerprint density at radius 2 is 0.950 bits per heavy atom. The zero-order valence-corrected chi connectivity index (χ0v) is 11.5. The predicted molar refractivity (Wildman–Crippen MR) is 77.6 cm³/mol. The molecule has 1 aromatic rings. The van der Waals surface area contributed by atoms with Crippen LogP contribution < -0.4 is 0 Å². The van der Waals surface area contributed by atoms with Crippen molar-refractivity contribution in [2.75, 3.05) is 0 Å². The summed E-state index contributed by atoms with van der Waals surface area (Å²) in [6.07, 6.45) is 2.64. The van der Waals surface area contributed by atoms with E-state index in [2.05, 4.69) is 0 Å². The van der Waals surface area contributed by atoms with Crippen LogP contribution in [0.2, 0.25) is 0 Å². The molecular formula is C14H6O4S2. The quantitative estimate of drug-likeness (QED) is 0.779. The molecule has 0 aliphatic carbocycles. The van der Waals surface area contributed by atoms with Gasteiger partial charge in [0.1, 0.15) is 0 Å². The Morgan fingerprint density at radius 3 is 1.20 bits per heavy atom. The van der Waals surface area contributed by atoms with Gasteiger partial charge in [0.2, 0.25) is 11.6 Å². The second-order valence-corrected chi connectivity index (χ2v) is 6.13. The van der Waals surface area contributed by atoms with E-state index in [-0.39, 0.29) is 0 Å². The van der Waals surface area contributed by atoms with Crippen molar-refractivity contribution in [2.45, 2.75) is 0 Å². The number of rotatable bonds is 2. The van der Waals surface area contributed by atoms with Gasteiger partial charge in [-0.3, -0.25) is 19.2 Å². The SMILES string of the molecule is O=C1C=C(c2ccc(C3=CC(=O)C(=O)S3)cc2)SC1=O. The van der Waals surface area contributed by atoms with Crippen LogP contribution in [0.15, 0.2) is 36.4 Å². The molecule has 0 spiro atoms. The lowest BCUT2D eigenvalue weighted by molar-refractivity contribution is -0.128. The Balaban J connectivity index is 1.86. The Morgan fingerprint density at radius 1 is 0.600 bits per heavy atom. The van der Waals surface area contributed by atoms with Gasteiger partial charge in [-0.25, -0.2) is 0 Å². The zero-order chi connectivity index (χ0) is 14.3. The molecule has 1 aromatic carbocycles. The van der Waals surface area contributed by atoms with E-state index < -0.39 is 21.8 Å². The third-order valence-corrected chi connectivity index (χ3v) is 4.71. The summed E-state index contributed by atoms with van der Waals surface area (Å²) in [5.74, 6) is -1.00. The van der Waals surface area contributed by atoms with Crippen LogP contribution in [-0.4, -0.2) is 21.8 Å².